The molecule has 6 nitrogen and oxygen atoms in total. The molecular weight excluding hydrogens is 306 g/mol. The number of nitrogens with one attached hydrogen (secondary N) is 2. The van der Waals surface area contributed by atoms with E-state index in [1.807, 2.05) is 25.1 Å². The molecule has 3 unspecified atom stereocenters. The second kappa shape index (κ2) is 6.91. The maximum absolute atomic E-state index is 12.8. The van der Waals surface area contributed by atoms with E-state index in [9.17, 15) is 14.7 Å². The molecule has 1 aromatic rings. The first-order valence-corrected chi connectivity index (χ1v) is 8.56. The van der Waals surface area contributed by atoms with Gasteiger partial charge in [0.05, 0.1) is 6.10 Å². The first kappa shape index (κ1) is 16.9. The minimum Gasteiger partial charge on any atom is -0.391 e. The van der Waals surface area contributed by atoms with E-state index in [-0.39, 0.29) is 17.7 Å². The van der Waals surface area contributed by atoms with Gasteiger partial charge in [0, 0.05) is 37.7 Å². The van der Waals surface area contributed by atoms with Crippen LogP contribution < -0.4 is 10.6 Å². The van der Waals surface area contributed by atoms with Crippen LogP contribution in [0.2, 0.25) is 0 Å². The Kier molecular flexibility index (Phi) is 4.87. The fourth-order valence-corrected chi connectivity index (χ4v) is 3.60. The van der Waals surface area contributed by atoms with Gasteiger partial charge in [0.15, 0.2) is 0 Å². The molecule has 3 rings (SSSR count). The van der Waals surface area contributed by atoms with Crippen LogP contribution in [-0.2, 0) is 4.79 Å². The molecule has 0 saturated carbocycles. The molecule has 24 heavy (non-hydrogen) atoms. The summed E-state index contributed by atoms with van der Waals surface area (Å²) in [6.07, 6.45) is 1.04. The number of carbonyl (C=O) groups excluding carboxylic acids is 2. The molecular formula is C18H25N3O3. The normalized spacial score (nSPS) is 29.7. The molecule has 3 atom stereocenters. The Morgan fingerprint density at radius 2 is 2.08 bits per heavy atom. The van der Waals surface area contributed by atoms with Crippen LogP contribution in [0.3, 0.4) is 0 Å². The van der Waals surface area contributed by atoms with Crippen molar-refractivity contribution in [1.82, 2.24) is 15.5 Å². The van der Waals surface area contributed by atoms with Crippen LogP contribution in [0.25, 0.3) is 0 Å². The van der Waals surface area contributed by atoms with Gasteiger partial charge in [-0.05, 0) is 31.9 Å². The van der Waals surface area contributed by atoms with Gasteiger partial charge in [-0.15, -0.1) is 0 Å². The van der Waals surface area contributed by atoms with Gasteiger partial charge in [-0.25, -0.2) is 0 Å². The Balaban J connectivity index is 1.68. The molecule has 0 spiro atoms. The summed E-state index contributed by atoms with van der Waals surface area (Å²) in [5.74, 6) is -0.214. The quantitative estimate of drug-likeness (QED) is 0.745. The van der Waals surface area contributed by atoms with Crippen molar-refractivity contribution in [2.45, 2.75) is 31.4 Å². The van der Waals surface area contributed by atoms with E-state index < -0.39 is 11.6 Å². The molecule has 6 heteroatoms. The number of carbonyl (C=O) groups is 2. The van der Waals surface area contributed by atoms with Gasteiger partial charge >= 0.3 is 0 Å². The van der Waals surface area contributed by atoms with E-state index in [0.717, 1.165) is 6.42 Å². The number of nitrogens with zero attached hydrogens (tertiary/aromatic N) is 1. The lowest BCUT2D eigenvalue weighted by Crippen LogP contribution is -2.56. The summed E-state index contributed by atoms with van der Waals surface area (Å²) in [7, 11) is 0. The fourth-order valence-electron chi connectivity index (χ4n) is 3.60. The summed E-state index contributed by atoms with van der Waals surface area (Å²) in [5, 5.41) is 15.9. The zero-order chi connectivity index (χ0) is 17.2. The maximum Gasteiger partial charge on any atom is 0.254 e. The third kappa shape index (κ3) is 3.16. The molecule has 2 amide bonds. The molecule has 2 fully saturated rings. The highest BCUT2D eigenvalue weighted by molar-refractivity contribution is 5.99. The Morgan fingerprint density at radius 3 is 2.75 bits per heavy atom. The predicted molar refractivity (Wildman–Crippen MR) is 90.5 cm³/mol. The largest absolute Gasteiger partial charge is 0.391 e. The average molecular weight is 331 g/mol. The summed E-state index contributed by atoms with van der Waals surface area (Å²) in [6.45, 7) is 4.11. The Morgan fingerprint density at radius 1 is 1.33 bits per heavy atom. The van der Waals surface area contributed by atoms with Crippen molar-refractivity contribution in [3.05, 3.63) is 35.9 Å². The third-order valence-corrected chi connectivity index (χ3v) is 5.23. The molecule has 0 aromatic heterocycles. The third-order valence-electron chi connectivity index (χ3n) is 5.23. The highest BCUT2D eigenvalue weighted by atomic mass is 16.3. The first-order chi connectivity index (χ1) is 11.5. The number of rotatable bonds is 4. The van der Waals surface area contributed by atoms with Crippen LogP contribution in [0.15, 0.2) is 30.3 Å². The maximum atomic E-state index is 12.8. The Bertz CT molecular complexity index is 607. The number of benzene rings is 1. The Labute approximate surface area is 142 Å². The van der Waals surface area contributed by atoms with Crippen molar-refractivity contribution >= 4 is 11.8 Å². The van der Waals surface area contributed by atoms with Gasteiger partial charge < -0.3 is 20.6 Å². The number of likely N-dealkylation sites (tertiary alicyclic amines) is 1. The van der Waals surface area contributed by atoms with Gasteiger partial charge in [0.2, 0.25) is 5.91 Å². The van der Waals surface area contributed by atoms with E-state index in [4.69, 9.17) is 0 Å². The molecule has 130 valence electrons. The van der Waals surface area contributed by atoms with Crippen LogP contribution in [0.1, 0.15) is 30.1 Å². The summed E-state index contributed by atoms with van der Waals surface area (Å²) >= 11 is 0. The SMILES string of the molecule is CC1(C(=O)NCC2CNCC2O)CCCN1C(=O)c1ccccc1. The van der Waals surface area contributed by atoms with Crippen LogP contribution in [-0.4, -0.2) is 59.6 Å². The second-order valence-corrected chi connectivity index (χ2v) is 6.90. The van der Waals surface area contributed by atoms with Crippen molar-refractivity contribution in [3.63, 3.8) is 0 Å². The number of aliphatic hydroxyl groups is 1. The minimum atomic E-state index is -0.829. The lowest BCUT2D eigenvalue weighted by atomic mass is 9.96. The average Bonchev–Trinajstić information content (AvgIpc) is 3.19. The minimum absolute atomic E-state index is 0.0252. The molecule has 2 aliphatic rings. The second-order valence-electron chi connectivity index (χ2n) is 6.90. The van der Waals surface area contributed by atoms with Crippen molar-refractivity contribution in [2.75, 3.05) is 26.2 Å². The fraction of sp³-hybridized carbons (Fsp3) is 0.556. The van der Waals surface area contributed by atoms with Gasteiger partial charge in [-0.3, -0.25) is 9.59 Å². The van der Waals surface area contributed by atoms with E-state index in [2.05, 4.69) is 10.6 Å². The van der Waals surface area contributed by atoms with Gasteiger partial charge in [0.25, 0.3) is 5.91 Å². The molecule has 2 heterocycles. The van der Waals surface area contributed by atoms with Gasteiger partial charge in [-0.1, -0.05) is 18.2 Å². The number of aliphatic hydroxyl groups excluding tert-OH is 1. The molecule has 1 aromatic carbocycles. The van der Waals surface area contributed by atoms with Gasteiger partial charge in [0.1, 0.15) is 5.54 Å². The summed E-state index contributed by atoms with van der Waals surface area (Å²) < 4.78 is 0. The monoisotopic (exact) mass is 331 g/mol. The summed E-state index contributed by atoms with van der Waals surface area (Å²) in [5.41, 5.74) is -0.224. The topological polar surface area (TPSA) is 81.7 Å². The number of hydrogen-bond donors (Lipinski definition) is 3. The molecule has 0 radical (unpaired) electrons. The first-order valence-electron chi connectivity index (χ1n) is 8.56. The predicted octanol–water partition coefficient (Wildman–Crippen LogP) is 0.378. The molecule has 3 N–H and O–H groups in total. The summed E-state index contributed by atoms with van der Waals surface area (Å²) in [4.78, 5) is 27.2. The van der Waals surface area contributed by atoms with Crippen LogP contribution in [0.5, 0.6) is 0 Å². The standard InChI is InChI=1S/C18H25N3O3/c1-18(17(24)20-11-14-10-19-12-15(14)22)8-5-9-21(18)16(23)13-6-3-2-4-7-13/h2-4,6-7,14-15,19,22H,5,8-12H2,1H3,(H,20,24). The van der Waals surface area contributed by atoms with Crippen LogP contribution in [0, 0.1) is 5.92 Å². The van der Waals surface area contributed by atoms with Crippen molar-refractivity contribution in [2.24, 2.45) is 5.92 Å². The van der Waals surface area contributed by atoms with Crippen molar-refractivity contribution < 1.29 is 14.7 Å². The van der Waals surface area contributed by atoms with E-state index in [0.29, 0.717) is 38.2 Å². The van der Waals surface area contributed by atoms with Crippen LogP contribution in [0.4, 0.5) is 0 Å². The molecule has 0 aliphatic carbocycles. The lowest BCUT2D eigenvalue weighted by molar-refractivity contribution is -0.130. The Hall–Kier alpha value is -1.92. The lowest BCUT2D eigenvalue weighted by Gasteiger charge is -2.34. The zero-order valence-corrected chi connectivity index (χ0v) is 14.0. The van der Waals surface area contributed by atoms with Crippen LogP contribution >= 0.6 is 0 Å². The highest BCUT2D eigenvalue weighted by Crippen LogP contribution is 2.31. The van der Waals surface area contributed by atoms with E-state index in [1.54, 1.807) is 17.0 Å². The highest BCUT2D eigenvalue weighted by Gasteiger charge is 2.46. The summed E-state index contributed by atoms with van der Waals surface area (Å²) in [6, 6.07) is 9.08. The molecule has 0 bridgehead atoms. The molecule has 2 saturated heterocycles. The smallest absolute Gasteiger partial charge is 0.254 e. The van der Waals surface area contributed by atoms with Gasteiger partial charge in [-0.2, -0.15) is 0 Å². The van der Waals surface area contributed by atoms with Crippen molar-refractivity contribution in [3.8, 4) is 0 Å². The zero-order valence-electron chi connectivity index (χ0n) is 14.0. The van der Waals surface area contributed by atoms with E-state index >= 15 is 0 Å². The van der Waals surface area contributed by atoms with E-state index in [1.165, 1.54) is 0 Å². The number of amides is 2. The number of β-amino-alcohol motifs (C(OH)–C–C–N with tert-alkyl or cyclic N) is 1. The number of hydrogen-bond acceptors (Lipinski definition) is 4. The van der Waals surface area contributed by atoms with Crippen molar-refractivity contribution in [1.29, 1.82) is 0 Å². The molecule has 2 aliphatic heterocycles.